The summed E-state index contributed by atoms with van der Waals surface area (Å²) < 4.78 is 11.2. The fourth-order valence-electron chi connectivity index (χ4n) is 2.95. The highest BCUT2D eigenvalue weighted by Crippen LogP contribution is 2.11. The molecule has 0 saturated heterocycles. The lowest BCUT2D eigenvalue weighted by molar-refractivity contribution is -0.0129. The van der Waals surface area contributed by atoms with Gasteiger partial charge in [0.15, 0.2) is 0 Å². The maximum atomic E-state index is 10.2. The first-order valence-electron chi connectivity index (χ1n) is 10.8. The Bertz CT molecular complexity index is 343. The fourth-order valence-corrected chi connectivity index (χ4v) is 5.36. The molecular weight excluding hydrogens is 390 g/mol. The van der Waals surface area contributed by atoms with E-state index in [0.29, 0.717) is 32.8 Å². The van der Waals surface area contributed by atoms with Crippen LogP contribution in [0, 0.1) is 0 Å². The predicted octanol–water partition coefficient (Wildman–Crippen LogP) is 2.49. The third-order valence-electron chi connectivity index (χ3n) is 4.41. The first-order chi connectivity index (χ1) is 12.9. The number of nitrogens with zero attached hydrogens (tertiary/aromatic N) is 1. The third-order valence-corrected chi connectivity index (χ3v) is 8.11. The summed E-state index contributed by atoms with van der Waals surface area (Å²) in [6.45, 7) is 17.2. The van der Waals surface area contributed by atoms with Crippen molar-refractivity contribution in [3.8, 4) is 0 Å². The van der Waals surface area contributed by atoms with Gasteiger partial charge in [0.25, 0.3) is 0 Å². The quantitative estimate of drug-likeness (QED) is 0.226. The average molecular weight is 438 g/mol. The molecule has 6 nitrogen and oxygen atoms in total. The molecule has 2 unspecified atom stereocenters. The number of aliphatic hydroxyl groups is 3. The Balaban J connectivity index is 3.98. The van der Waals surface area contributed by atoms with Crippen molar-refractivity contribution in [3.05, 3.63) is 0 Å². The largest absolute Gasteiger partial charge is 0.395 e. The summed E-state index contributed by atoms with van der Waals surface area (Å²) in [7, 11) is -2.06. The number of ether oxygens (including phenoxy) is 2. The first kappa shape index (κ1) is 28.2. The zero-order valence-corrected chi connectivity index (χ0v) is 21.2. The van der Waals surface area contributed by atoms with Crippen LogP contribution in [-0.4, -0.2) is 101 Å². The fraction of sp³-hybridized carbons (Fsp3) is 1.00. The van der Waals surface area contributed by atoms with Gasteiger partial charge in [-0.15, -0.1) is 0 Å². The van der Waals surface area contributed by atoms with E-state index in [4.69, 9.17) is 9.47 Å². The summed E-state index contributed by atoms with van der Waals surface area (Å²) in [5.74, 6) is 0. The van der Waals surface area contributed by atoms with Crippen LogP contribution in [0.15, 0.2) is 0 Å². The molecule has 0 spiro atoms. The topological polar surface area (TPSA) is 82.4 Å². The Kier molecular flexibility index (Phi) is 15.2. The molecule has 3 N–H and O–H groups in total. The van der Waals surface area contributed by atoms with Gasteiger partial charge in [-0.2, -0.15) is 0 Å². The van der Waals surface area contributed by atoms with Gasteiger partial charge in [0.2, 0.25) is 0 Å². The minimum absolute atomic E-state index is 0.00637. The molecule has 0 heterocycles. The van der Waals surface area contributed by atoms with E-state index in [1.54, 1.807) is 0 Å². The second kappa shape index (κ2) is 15.1. The van der Waals surface area contributed by atoms with Crippen LogP contribution in [0.25, 0.3) is 0 Å². The Morgan fingerprint density at radius 1 is 0.750 bits per heavy atom. The third kappa shape index (κ3) is 19.5. The molecular formula is C20H47NO5Si2. The van der Waals surface area contributed by atoms with E-state index in [-0.39, 0.29) is 19.8 Å². The standard InChI is InChI=1S/C20H47NO5Si2/c1-27(2,3)13-7-11-25-17-19(23)15-21(9-10-22)16-20(24)18-26-12-8-14-28(4,5)6/h19-20,22-24H,7-18H2,1-6H3. The van der Waals surface area contributed by atoms with Crippen LogP contribution in [0.5, 0.6) is 0 Å². The van der Waals surface area contributed by atoms with E-state index in [1.165, 1.54) is 12.1 Å². The van der Waals surface area contributed by atoms with Gasteiger partial charge >= 0.3 is 0 Å². The molecule has 170 valence electrons. The number of aliphatic hydroxyl groups excluding tert-OH is 3. The molecule has 0 fully saturated rings. The number of hydrogen-bond acceptors (Lipinski definition) is 6. The van der Waals surface area contributed by atoms with Gasteiger partial charge in [-0.1, -0.05) is 51.4 Å². The molecule has 0 aliphatic carbocycles. The summed E-state index contributed by atoms with van der Waals surface area (Å²) in [6.07, 6.45) is 0.833. The molecule has 0 bridgehead atoms. The Labute approximate surface area is 175 Å². The first-order valence-corrected chi connectivity index (χ1v) is 18.2. The van der Waals surface area contributed by atoms with Crippen LogP contribution in [0.4, 0.5) is 0 Å². The molecule has 8 heteroatoms. The van der Waals surface area contributed by atoms with Crippen LogP contribution in [0.3, 0.4) is 0 Å². The van der Waals surface area contributed by atoms with Crippen LogP contribution in [-0.2, 0) is 9.47 Å². The van der Waals surface area contributed by atoms with E-state index in [1.807, 2.05) is 4.90 Å². The van der Waals surface area contributed by atoms with Crippen molar-refractivity contribution in [3.63, 3.8) is 0 Å². The van der Waals surface area contributed by atoms with Crippen molar-refractivity contribution in [1.82, 2.24) is 4.90 Å². The van der Waals surface area contributed by atoms with Gasteiger partial charge in [0.05, 0.1) is 32.0 Å². The van der Waals surface area contributed by atoms with Crippen LogP contribution in [0.2, 0.25) is 51.4 Å². The van der Waals surface area contributed by atoms with Crippen LogP contribution < -0.4 is 0 Å². The van der Waals surface area contributed by atoms with Crippen molar-refractivity contribution < 1.29 is 24.8 Å². The van der Waals surface area contributed by atoms with Crippen molar-refractivity contribution in [2.45, 2.75) is 76.4 Å². The van der Waals surface area contributed by atoms with Gasteiger partial charge in [-0.25, -0.2) is 0 Å². The molecule has 0 aliphatic heterocycles. The lowest BCUT2D eigenvalue weighted by Gasteiger charge is -2.26. The highest BCUT2D eigenvalue weighted by atomic mass is 28.3. The molecule has 0 saturated carbocycles. The van der Waals surface area contributed by atoms with Crippen LogP contribution >= 0.6 is 0 Å². The highest BCUT2D eigenvalue weighted by molar-refractivity contribution is 6.76. The zero-order valence-electron chi connectivity index (χ0n) is 19.2. The average Bonchev–Trinajstić information content (AvgIpc) is 2.52. The van der Waals surface area contributed by atoms with E-state index >= 15 is 0 Å². The van der Waals surface area contributed by atoms with E-state index in [2.05, 4.69) is 39.3 Å². The van der Waals surface area contributed by atoms with Gasteiger partial charge < -0.3 is 24.8 Å². The molecule has 0 aromatic heterocycles. The molecule has 0 aromatic rings. The maximum Gasteiger partial charge on any atom is 0.0900 e. The summed E-state index contributed by atoms with van der Waals surface area (Å²) >= 11 is 0. The molecule has 28 heavy (non-hydrogen) atoms. The molecule has 0 radical (unpaired) electrons. The monoisotopic (exact) mass is 437 g/mol. The second-order valence-corrected chi connectivity index (χ2v) is 21.5. The molecule has 0 aromatic carbocycles. The van der Waals surface area contributed by atoms with Crippen molar-refractivity contribution in [1.29, 1.82) is 0 Å². The van der Waals surface area contributed by atoms with Gasteiger partial charge in [-0.3, -0.25) is 4.90 Å². The summed E-state index contributed by atoms with van der Waals surface area (Å²) in [5.41, 5.74) is 0. The van der Waals surface area contributed by atoms with E-state index in [0.717, 1.165) is 12.8 Å². The predicted molar refractivity (Wildman–Crippen MR) is 123 cm³/mol. The Hall–Kier alpha value is 0.194. The lowest BCUT2D eigenvalue weighted by Crippen LogP contribution is -2.42. The molecule has 0 amide bonds. The minimum atomic E-state index is -1.03. The summed E-state index contributed by atoms with van der Waals surface area (Å²) in [6, 6.07) is 2.45. The Morgan fingerprint density at radius 2 is 1.14 bits per heavy atom. The smallest absolute Gasteiger partial charge is 0.0900 e. The van der Waals surface area contributed by atoms with Crippen LogP contribution in [0.1, 0.15) is 12.8 Å². The zero-order chi connectivity index (χ0) is 21.6. The number of hydrogen-bond donors (Lipinski definition) is 3. The number of rotatable bonds is 18. The van der Waals surface area contributed by atoms with Gasteiger partial charge in [0.1, 0.15) is 0 Å². The summed E-state index contributed by atoms with van der Waals surface area (Å²) in [4.78, 5) is 1.87. The van der Waals surface area contributed by atoms with E-state index in [9.17, 15) is 15.3 Å². The van der Waals surface area contributed by atoms with Crippen molar-refractivity contribution in [2.75, 3.05) is 52.7 Å². The Morgan fingerprint density at radius 3 is 1.46 bits per heavy atom. The lowest BCUT2D eigenvalue weighted by atomic mass is 10.3. The summed E-state index contributed by atoms with van der Waals surface area (Å²) in [5, 5.41) is 29.6. The SMILES string of the molecule is C[Si](C)(C)CCCOCC(O)CN(CCO)CC(O)COCCC[Si](C)(C)C. The molecule has 0 rings (SSSR count). The maximum absolute atomic E-state index is 10.2. The van der Waals surface area contributed by atoms with E-state index < -0.39 is 28.4 Å². The van der Waals surface area contributed by atoms with Crippen molar-refractivity contribution in [2.24, 2.45) is 0 Å². The second-order valence-electron chi connectivity index (χ2n) is 10.3. The normalized spacial score (nSPS) is 15.2. The van der Waals surface area contributed by atoms with Crippen molar-refractivity contribution >= 4 is 16.1 Å². The molecule has 0 aliphatic rings. The van der Waals surface area contributed by atoms with Gasteiger partial charge in [-0.05, 0) is 12.8 Å². The molecule has 2 atom stereocenters. The highest BCUT2D eigenvalue weighted by Gasteiger charge is 2.17. The van der Waals surface area contributed by atoms with Gasteiger partial charge in [0, 0.05) is 49.0 Å². The minimum Gasteiger partial charge on any atom is -0.395 e.